The number of carbonyl (C=O) groups excluding carboxylic acids is 1. The molecule has 7 heteroatoms. The number of carbonyl (C=O) groups is 1. The number of aromatic nitrogens is 2. The van der Waals surface area contributed by atoms with Crippen molar-refractivity contribution in [2.75, 3.05) is 5.32 Å². The van der Waals surface area contributed by atoms with Gasteiger partial charge in [-0.25, -0.2) is 4.98 Å². The van der Waals surface area contributed by atoms with E-state index in [0.29, 0.717) is 20.9 Å². The first-order chi connectivity index (χ1) is 15.9. The van der Waals surface area contributed by atoms with E-state index < -0.39 is 6.04 Å². The molecule has 0 saturated carbocycles. The van der Waals surface area contributed by atoms with Crippen LogP contribution in [0.5, 0.6) is 0 Å². The van der Waals surface area contributed by atoms with Crippen LogP contribution in [-0.2, 0) is 17.6 Å². The molecule has 5 nitrogen and oxygen atoms in total. The lowest BCUT2D eigenvalue weighted by Gasteiger charge is -2.17. The SMILES string of the molecule is Cc1c(Cl)cccc1NC(=O)C(C)n1cnc2scc(-c3ccc4c(c3)CCCC4)c2c1=O. The Labute approximate surface area is 201 Å². The molecular formula is C26H24ClN3O2S. The van der Waals surface area contributed by atoms with Gasteiger partial charge in [0.05, 0.1) is 11.7 Å². The topological polar surface area (TPSA) is 64.0 Å². The van der Waals surface area contributed by atoms with Gasteiger partial charge in [0.15, 0.2) is 0 Å². The number of nitrogens with zero attached hydrogens (tertiary/aromatic N) is 2. The number of anilines is 1. The van der Waals surface area contributed by atoms with E-state index in [-0.39, 0.29) is 11.5 Å². The molecular weight excluding hydrogens is 454 g/mol. The highest BCUT2D eigenvalue weighted by molar-refractivity contribution is 7.17. The smallest absolute Gasteiger partial charge is 0.263 e. The molecule has 2 aromatic carbocycles. The summed E-state index contributed by atoms with van der Waals surface area (Å²) in [4.78, 5) is 31.7. The Balaban J connectivity index is 1.51. The van der Waals surface area contributed by atoms with Gasteiger partial charge in [-0.3, -0.25) is 14.2 Å². The second kappa shape index (κ2) is 8.76. The van der Waals surface area contributed by atoms with Crippen LogP contribution in [0.15, 0.2) is 52.9 Å². The van der Waals surface area contributed by atoms with Gasteiger partial charge in [-0.05, 0) is 73.9 Å². The van der Waals surface area contributed by atoms with E-state index in [9.17, 15) is 9.59 Å². The van der Waals surface area contributed by atoms with Crippen LogP contribution in [0.4, 0.5) is 5.69 Å². The summed E-state index contributed by atoms with van der Waals surface area (Å²) in [5, 5.41) is 6.03. The molecule has 1 aliphatic carbocycles. The fourth-order valence-corrected chi connectivity index (χ4v) is 5.52. The molecule has 1 atom stereocenters. The quantitative estimate of drug-likeness (QED) is 0.382. The maximum atomic E-state index is 13.5. The third-order valence-electron chi connectivity index (χ3n) is 6.50. The first-order valence-corrected chi connectivity index (χ1v) is 12.4. The first kappa shape index (κ1) is 21.9. The number of aryl methyl sites for hydroxylation is 2. The highest BCUT2D eigenvalue weighted by Gasteiger charge is 2.21. The summed E-state index contributed by atoms with van der Waals surface area (Å²) in [7, 11) is 0. The number of fused-ring (bicyclic) bond motifs is 2. The Morgan fingerprint density at radius 1 is 1.18 bits per heavy atom. The summed E-state index contributed by atoms with van der Waals surface area (Å²) in [6.45, 7) is 3.55. The number of thiophene rings is 1. The van der Waals surface area contributed by atoms with E-state index in [1.54, 1.807) is 25.1 Å². The van der Waals surface area contributed by atoms with Crippen molar-refractivity contribution in [1.82, 2.24) is 9.55 Å². The second-order valence-corrected chi connectivity index (χ2v) is 9.82. The Kier molecular flexibility index (Phi) is 5.81. The number of hydrogen-bond acceptors (Lipinski definition) is 4. The Morgan fingerprint density at radius 3 is 2.79 bits per heavy atom. The van der Waals surface area contributed by atoms with Gasteiger partial charge in [0.1, 0.15) is 10.9 Å². The molecule has 1 N–H and O–H groups in total. The zero-order chi connectivity index (χ0) is 23.1. The third kappa shape index (κ3) is 3.98. The Bertz CT molecular complexity index is 1440. The highest BCUT2D eigenvalue weighted by Crippen LogP contribution is 2.34. The Hall–Kier alpha value is -2.96. The number of hydrogen-bond donors (Lipinski definition) is 1. The van der Waals surface area contributed by atoms with Gasteiger partial charge < -0.3 is 5.32 Å². The fraction of sp³-hybridized carbons (Fsp3) is 0.269. The zero-order valence-electron chi connectivity index (χ0n) is 18.5. The number of rotatable bonds is 4. The first-order valence-electron chi connectivity index (χ1n) is 11.1. The molecule has 2 aromatic heterocycles. The van der Waals surface area contributed by atoms with Crippen molar-refractivity contribution in [2.24, 2.45) is 0 Å². The fourth-order valence-electron chi connectivity index (χ4n) is 4.44. The molecule has 1 unspecified atom stereocenters. The molecule has 0 fully saturated rings. The minimum atomic E-state index is -0.732. The summed E-state index contributed by atoms with van der Waals surface area (Å²) >= 11 is 7.63. The monoisotopic (exact) mass is 477 g/mol. The van der Waals surface area contributed by atoms with Gasteiger partial charge in [0, 0.05) is 21.7 Å². The molecule has 33 heavy (non-hydrogen) atoms. The van der Waals surface area contributed by atoms with Crippen LogP contribution < -0.4 is 10.9 Å². The van der Waals surface area contributed by atoms with Gasteiger partial charge in [0.25, 0.3) is 5.56 Å². The van der Waals surface area contributed by atoms with Gasteiger partial charge in [-0.2, -0.15) is 0 Å². The number of nitrogens with one attached hydrogen (secondary N) is 1. The van der Waals surface area contributed by atoms with Crippen LogP contribution >= 0.6 is 22.9 Å². The summed E-state index contributed by atoms with van der Waals surface area (Å²) in [6.07, 6.45) is 6.10. The number of benzene rings is 2. The van der Waals surface area contributed by atoms with Crippen molar-refractivity contribution in [3.8, 4) is 11.1 Å². The predicted octanol–water partition coefficient (Wildman–Crippen LogP) is 6.17. The van der Waals surface area contributed by atoms with Gasteiger partial charge in [-0.1, -0.05) is 35.9 Å². The van der Waals surface area contributed by atoms with Gasteiger partial charge >= 0.3 is 0 Å². The molecule has 0 bridgehead atoms. The van der Waals surface area contributed by atoms with Crippen LogP contribution in [0, 0.1) is 6.92 Å². The summed E-state index contributed by atoms with van der Waals surface area (Å²) < 4.78 is 1.41. The maximum absolute atomic E-state index is 13.5. The molecule has 5 rings (SSSR count). The van der Waals surface area contributed by atoms with Gasteiger partial charge in [0.2, 0.25) is 5.91 Å². The summed E-state index contributed by atoms with van der Waals surface area (Å²) in [6, 6.07) is 11.1. The molecule has 2 heterocycles. The standard InChI is InChI=1S/C26H24ClN3O2S/c1-15-21(27)8-5-9-22(15)29-24(31)16(2)30-14-28-25-23(26(30)32)20(13-33-25)19-11-10-17-6-3-4-7-18(17)12-19/h5,8-14,16H,3-4,6-7H2,1-2H3,(H,29,31). The van der Waals surface area contributed by atoms with E-state index in [1.165, 1.54) is 46.2 Å². The van der Waals surface area contributed by atoms with E-state index in [0.717, 1.165) is 29.5 Å². The van der Waals surface area contributed by atoms with Crippen molar-refractivity contribution in [1.29, 1.82) is 0 Å². The van der Waals surface area contributed by atoms with Crippen molar-refractivity contribution < 1.29 is 4.79 Å². The number of amides is 1. The van der Waals surface area contributed by atoms with Crippen molar-refractivity contribution in [2.45, 2.75) is 45.6 Å². The third-order valence-corrected chi connectivity index (χ3v) is 7.80. The summed E-state index contributed by atoms with van der Waals surface area (Å²) in [5.74, 6) is -0.297. The lowest BCUT2D eigenvalue weighted by atomic mass is 9.89. The van der Waals surface area contributed by atoms with E-state index in [4.69, 9.17) is 11.6 Å². The molecule has 0 saturated heterocycles. The average Bonchev–Trinajstić information content (AvgIpc) is 3.26. The normalized spacial score (nSPS) is 14.2. The van der Waals surface area contributed by atoms with Gasteiger partial charge in [-0.15, -0.1) is 11.3 Å². The molecule has 1 amide bonds. The molecule has 1 aliphatic rings. The van der Waals surface area contributed by atoms with Crippen LogP contribution in [0.2, 0.25) is 5.02 Å². The second-order valence-electron chi connectivity index (χ2n) is 8.55. The van der Waals surface area contributed by atoms with Crippen LogP contribution in [0.1, 0.15) is 42.5 Å². The lowest BCUT2D eigenvalue weighted by molar-refractivity contribution is -0.118. The highest BCUT2D eigenvalue weighted by atomic mass is 35.5. The van der Waals surface area contributed by atoms with Crippen molar-refractivity contribution in [3.63, 3.8) is 0 Å². The minimum Gasteiger partial charge on any atom is -0.324 e. The largest absolute Gasteiger partial charge is 0.324 e. The predicted molar refractivity (Wildman–Crippen MR) is 135 cm³/mol. The zero-order valence-corrected chi connectivity index (χ0v) is 20.1. The number of halogens is 1. The van der Waals surface area contributed by atoms with E-state index >= 15 is 0 Å². The molecule has 4 aromatic rings. The van der Waals surface area contributed by atoms with Crippen molar-refractivity contribution in [3.05, 3.63) is 80.2 Å². The van der Waals surface area contributed by atoms with E-state index in [2.05, 4.69) is 28.5 Å². The average molecular weight is 478 g/mol. The molecule has 0 spiro atoms. The van der Waals surface area contributed by atoms with Crippen LogP contribution in [0.25, 0.3) is 21.3 Å². The van der Waals surface area contributed by atoms with Crippen molar-refractivity contribution >= 4 is 44.7 Å². The Morgan fingerprint density at radius 2 is 1.97 bits per heavy atom. The molecule has 168 valence electrons. The molecule has 0 radical (unpaired) electrons. The molecule has 0 aliphatic heterocycles. The lowest BCUT2D eigenvalue weighted by Crippen LogP contribution is -2.31. The summed E-state index contributed by atoms with van der Waals surface area (Å²) in [5.41, 5.74) is 5.90. The maximum Gasteiger partial charge on any atom is 0.263 e. The van der Waals surface area contributed by atoms with E-state index in [1.807, 2.05) is 12.3 Å². The minimum absolute atomic E-state index is 0.209. The van der Waals surface area contributed by atoms with Crippen LogP contribution in [-0.4, -0.2) is 15.5 Å². The van der Waals surface area contributed by atoms with Crippen LogP contribution in [0.3, 0.4) is 0 Å².